The van der Waals surface area contributed by atoms with Crippen molar-refractivity contribution in [2.24, 2.45) is 0 Å². The number of halogens is 1. The van der Waals surface area contributed by atoms with Crippen molar-refractivity contribution >= 4 is 34.4 Å². The van der Waals surface area contributed by atoms with Gasteiger partial charge in [-0.3, -0.25) is 9.36 Å². The summed E-state index contributed by atoms with van der Waals surface area (Å²) in [6.07, 6.45) is 0. The summed E-state index contributed by atoms with van der Waals surface area (Å²) >= 11 is 0. The molecule has 0 atom stereocenters. The number of methoxy groups -OCH3 is 2. The minimum absolute atomic E-state index is 0.0971. The molecule has 2 N–H and O–H groups in total. The van der Waals surface area contributed by atoms with E-state index >= 15 is 4.39 Å². The molecule has 10 nitrogen and oxygen atoms in total. The van der Waals surface area contributed by atoms with Crippen molar-refractivity contribution in [2.45, 2.75) is 39.9 Å². The molecular weight excluding hydrogens is 551 g/mol. The Morgan fingerprint density at radius 1 is 0.953 bits per heavy atom. The SMILES string of the molecule is COc1ccc(CN(Cc2ccc(OC)cc2)c2nc(Nc3ccc(C(C)=O)cc3F)nc3c2[nH]c(=O)n3C(C)C)cc1. The number of benzene rings is 3. The predicted octanol–water partition coefficient (Wildman–Crippen LogP) is 6.01. The smallest absolute Gasteiger partial charge is 0.328 e. The van der Waals surface area contributed by atoms with E-state index in [0.29, 0.717) is 30.1 Å². The summed E-state index contributed by atoms with van der Waals surface area (Å²) < 4.78 is 27.2. The number of fused-ring (bicyclic) bond motifs is 1. The number of nitrogens with one attached hydrogen (secondary N) is 2. The van der Waals surface area contributed by atoms with Crippen LogP contribution in [0.3, 0.4) is 0 Å². The first-order chi connectivity index (χ1) is 20.7. The number of carbonyl (C=O) groups excluding carboxylic acids is 1. The van der Waals surface area contributed by atoms with Gasteiger partial charge in [0, 0.05) is 24.7 Å². The third-order valence-electron chi connectivity index (χ3n) is 7.05. The molecule has 43 heavy (non-hydrogen) atoms. The van der Waals surface area contributed by atoms with Crippen molar-refractivity contribution < 1.29 is 18.7 Å². The largest absolute Gasteiger partial charge is 0.497 e. The number of aromatic amines is 1. The van der Waals surface area contributed by atoms with Crippen molar-refractivity contribution in [1.29, 1.82) is 0 Å². The van der Waals surface area contributed by atoms with Gasteiger partial charge in [-0.2, -0.15) is 9.97 Å². The second-order valence-corrected chi connectivity index (χ2v) is 10.4. The summed E-state index contributed by atoms with van der Waals surface area (Å²) in [5, 5.41) is 2.96. The van der Waals surface area contributed by atoms with Crippen LogP contribution in [-0.4, -0.2) is 39.5 Å². The quantitative estimate of drug-likeness (QED) is 0.182. The molecule has 5 rings (SSSR count). The number of rotatable bonds is 11. The van der Waals surface area contributed by atoms with E-state index < -0.39 is 5.82 Å². The molecule has 0 saturated carbocycles. The maximum atomic E-state index is 15.0. The fourth-order valence-corrected chi connectivity index (χ4v) is 4.81. The standard InChI is InChI=1S/C32H33FN6O4/c1-19(2)39-30-28(35-32(39)41)29(36-31(37-30)34-27-15-10-23(20(3)40)16-26(27)33)38(17-21-6-11-24(42-4)12-7-21)18-22-8-13-25(43-5)14-9-22/h6-16,19H,17-18H2,1-5H3,(H,35,41)(H,34,36,37). The summed E-state index contributed by atoms with van der Waals surface area (Å²) in [6.45, 7) is 6.01. The van der Waals surface area contributed by atoms with E-state index in [-0.39, 0.29) is 34.7 Å². The molecule has 222 valence electrons. The number of hydrogen-bond acceptors (Lipinski definition) is 8. The lowest BCUT2D eigenvalue weighted by molar-refractivity contribution is 0.101. The summed E-state index contributed by atoms with van der Waals surface area (Å²) in [4.78, 5) is 39.3. The molecule has 0 aliphatic carbocycles. The first-order valence-electron chi connectivity index (χ1n) is 13.8. The van der Waals surface area contributed by atoms with Gasteiger partial charge in [-0.05, 0) is 74.4 Å². The molecule has 0 aliphatic rings. The topological polar surface area (TPSA) is 114 Å². The molecule has 0 bridgehead atoms. The monoisotopic (exact) mass is 584 g/mol. The van der Waals surface area contributed by atoms with E-state index in [2.05, 4.69) is 15.3 Å². The molecule has 5 aromatic rings. The Morgan fingerprint density at radius 2 is 1.53 bits per heavy atom. The lowest BCUT2D eigenvalue weighted by atomic mass is 10.1. The summed E-state index contributed by atoms with van der Waals surface area (Å²) in [5.41, 5.74) is 2.81. The van der Waals surface area contributed by atoms with Crippen LogP contribution in [-0.2, 0) is 13.1 Å². The van der Waals surface area contributed by atoms with Gasteiger partial charge in [0.05, 0.1) is 19.9 Å². The first-order valence-corrected chi connectivity index (χ1v) is 13.8. The Hall–Kier alpha value is -5.19. The minimum atomic E-state index is -0.624. The Morgan fingerprint density at radius 3 is 2.02 bits per heavy atom. The van der Waals surface area contributed by atoms with E-state index in [4.69, 9.17) is 14.5 Å². The van der Waals surface area contributed by atoms with E-state index in [1.54, 1.807) is 18.8 Å². The van der Waals surface area contributed by atoms with Crippen LogP contribution in [0.2, 0.25) is 0 Å². The van der Waals surface area contributed by atoms with Crippen LogP contribution >= 0.6 is 0 Å². The van der Waals surface area contributed by atoms with Crippen LogP contribution in [0.5, 0.6) is 11.5 Å². The van der Waals surface area contributed by atoms with E-state index in [1.165, 1.54) is 25.1 Å². The third-order valence-corrected chi connectivity index (χ3v) is 7.05. The number of anilines is 3. The molecule has 0 radical (unpaired) electrons. The zero-order chi connectivity index (χ0) is 30.7. The summed E-state index contributed by atoms with van der Waals surface area (Å²) in [5.74, 6) is 1.15. The number of Topliss-reactive ketones (excluding diaryl/α,β-unsaturated/α-hetero) is 1. The molecule has 0 aliphatic heterocycles. The molecule has 0 unspecified atom stereocenters. The number of ketones is 1. The predicted molar refractivity (Wildman–Crippen MR) is 164 cm³/mol. The van der Waals surface area contributed by atoms with Gasteiger partial charge in [0.15, 0.2) is 17.2 Å². The molecule has 3 aromatic carbocycles. The molecule has 0 saturated heterocycles. The van der Waals surface area contributed by atoms with Crippen LogP contribution in [0.15, 0.2) is 71.5 Å². The maximum Gasteiger partial charge on any atom is 0.328 e. The number of imidazole rings is 1. The summed E-state index contributed by atoms with van der Waals surface area (Å²) in [6, 6.07) is 19.4. The lowest BCUT2D eigenvalue weighted by Crippen LogP contribution is -2.24. The zero-order valence-corrected chi connectivity index (χ0v) is 24.6. The van der Waals surface area contributed by atoms with Gasteiger partial charge in [0.25, 0.3) is 0 Å². The van der Waals surface area contributed by atoms with E-state index in [1.807, 2.05) is 67.3 Å². The number of ether oxygens (including phenoxy) is 2. The molecule has 0 fully saturated rings. The van der Waals surface area contributed by atoms with Crippen molar-refractivity contribution in [3.63, 3.8) is 0 Å². The van der Waals surface area contributed by atoms with Gasteiger partial charge in [-0.1, -0.05) is 24.3 Å². The highest BCUT2D eigenvalue weighted by Crippen LogP contribution is 2.30. The van der Waals surface area contributed by atoms with Crippen molar-refractivity contribution in [2.75, 3.05) is 24.4 Å². The number of aromatic nitrogens is 4. The van der Waals surface area contributed by atoms with Gasteiger partial charge in [-0.25, -0.2) is 9.18 Å². The molecule has 0 amide bonds. The number of hydrogen-bond donors (Lipinski definition) is 2. The van der Waals surface area contributed by atoms with Crippen LogP contribution in [0.4, 0.5) is 21.8 Å². The molecule has 0 spiro atoms. The second-order valence-electron chi connectivity index (χ2n) is 10.4. The normalized spacial score (nSPS) is 11.1. The Bertz CT molecular complexity index is 1760. The van der Waals surface area contributed by atoms with Crippen LogP contribution in [0.25, 0.3) is 11.2 Å². The van der Waals surface area contributed by atoms with E-state index in [0.717, 1.165) is 22.6 Å². The average molecular weight is 585 g/mol. The maximum absolute atomic E-state index is 15.0. The average Bonchev–Trinajstić information content (AvgIpc) is 3.34. The molecule has 11 heteroatoms. The number of nitrogens with zero attached hydrogens (tertiary/aromatic N) is 4. The Kier molecular flexibility index (Phi) is 8.42. The van der Waals surface area contributed by atoms with Crippen LogP contribution < -0.4 is 25.4 Å². The Labute approximate surface area is 248 Å². The van der Waals surface area contributed by atoms with Crippen LogP contribution in [0, 0.1) is 5.82 Å². The fraction of sp³-hybridized carbons (Fsp3) is 0.250. The fourth-order valence-electron chi connectivity index (χ4n) is 4.81. The third kappa shape index (κ3) is 6.35. The van der Waals surface area contributed by atoms with Crippen LogP contribution in [0.1, 0.15) is 48.3 Å². The highest BCUT2D eigenvalue weighted by molar-refractivity contribution is 5.94. The molecular formula is C32H33FN6O4. The van der Waals surface area contributed by atoms with Gasteiger partial charge >= 0.3 is 5.69 Å². The second kappa shape index (κ2) is 12.4. The number of H-pyrrole nitrogens is 1. The molecule has 2 aromatic heterocycles. The number of carbonyl (C=O) groups is 1. The highest BCUT2D eigenvalue weighted by Gasteiger charge is 2.22. The van der Waals surface area contributed by atoms with Crippen molar-refractivity contribution in [1.82, 2.24) is 19.5 Å². The van der Waals surface area contributed by atoms with Crippen molar-refractivity contribution in [3.05, 3.63) is 99.7 Å². The lowest BCUT2D eigenvalue weighted by Gasteiger charge is -2.25. The summed E-state index contributed by atoms with van der Waals surface area (Å²) in [7, 11) is 3.23. The highest BCUT2D eigenvalue weighted by atomic mass is 19.1. The van der Waals surface area contributed by atoms with Gasteiger partial charge in [0.1, 0.15) is 22.8 Å². The van der Waals surface area contributed by atoms with Gasteiger partial charge in [-0.15, -0.1) is 0 Å². The van der Waals surface area contributed by atoms with E-state index in [9.17, 15) is 9.59 Å². The zero-order valence-electron chi connectivity index (χ0n) is 24.6. The minimum Gasteiger partial charge on any atom is -0.497 e. The first kappa shape index (κ1) is 29.3. The molecule has 2 heterocycles. The van der Waals surface area contributed by atoms with Crippen molar-refractivity contribution in [3.8, 4) is 11.5 Å². The van der Waals surface area contributed by atoms with Gasteiger partial charge in [0.2, 0.25) is 5.95 Å². The van der Waals surface area contributed by atoms with Gasteiger partial charge < -0.3 is 24.7 Å². The Balaban J connectivity index is 1.65.